The Morgan fingerprint density at radius 2 is 1.62 bits per heavy atom. The van der Waals surface area contributed by atoms with Crippen LogP contribution in [0.3, 0.4) is 0 Å². The molecule has 0 bridgehead atoms. The van der Waals surface area contributed by atoms with Crippen LogP contribution in [0.1, 0.15) is 27.9 Å². The average Bonchev–Trinajstić information content (AvgIpc) is 2.91. The lowest BCUT2D eigenvalue weighted by Crippen LogP contribution is -2.12. The predicted octanol–water partition coefficient (Wildman–Crippen LogP) is 3.42. The molecule has 2 aromatic carbocycles. The minimum Gasteiger partial charge on any atom is -0.492 e. The minimum absolute atomic E-state index is 0.0154. The number of rotatable bonds is 6. The zero-order valence-electron chi connectivity index (χ0n) is 13.5. The van der Waals surface area contributed by atoms with E-state index in [2.05, 4.69) is 12.1 Å². The van der Waals surface area contributed by atoms with E-state index < -0.39 is 5.97 Å². The summed E-state index contributed by atoms with van der Waals surface area (Å²) in [5.41, 5.74) is 2.35. The van der Waals surface area contributed by atoms with Crippen molar-refractivity contribution in [1.29, 1.82) is 0 Å². The van der Waals surface area contributed by atoms with Crippen molar-refractivity contribution < 1.29 is 19.1 Å². The van der Waals surface area contributed by atoms with Crippen molar-refractivity contribution in [2.24, 2.45) is 0 Å². The fourth-order valence-electron chi connectivity index (χ4n) is 2.78. The van der Waals surface area contributed by atoms with Crippen LogP contribution in [0.15, 0.2) is 60.2 Å². The van der Waals surface area contributed by atoms with Gasteiger partial charge < -0.3 is 9.47 Å². The van der Waals surface area contributed by atoms with Crippen molar-refractivity contribution >= 4 is 17.5 Å². The van der Waals surface area contributed by atoms with E-state index in [1.165, 1.54) is 12.7 Å². The summed E-state index contributed by atoms with van der Waals surface area (Å²) < 4.78 is 10.6. The van der Waals surface area contributed by atoms with Gasteiger partial charge in [-0.3, -0.25) is 4.79 Å². The molecule has 2 aromatic rings. The van der Waals surface area contributed by atoms with Crippen molar-refractivity contribution in [1.82, 2.24) is 0 Å². The number of carbonyl (C=O) groups excluding carboxylic acids is 2. The molecule has 24 heavy (non-hydrogen) atoms. The van der Waals surface area contributed by atoms with Gasteiger partial charge in [-0.05, 0) is 18.4 Å². The van der Waals surface area contributed by atoms with Crippen LogP contribution in [-0.2, 0) is 20.7 Å². The highest BCUT2D eigenvalue weighted by molar-refractivity contribution is 6.32. The predicted molar refractivity (Wildman–Crippen MR) is 90.4 cm³/mol. The van der Waals surface area contributed by atoms with Gasteiger partial charge in [0.1, 0.15) is 5.76 Å². The molecule has 4 heteroatoms. The molecule has 0 amide bonds. The minimum atomic E-state index is -0.658. The van der Waals surface area contributed by atoms with Crippen LogP contribution in [0.2, 0.25) is 0 Å². The SMILES string of the molecule is COC(=O)C1=C(OCCCc2ccccc2)c2ccccc2C1=O. The Kier molecular flexibility index (Phi) is 4.75. The quantitative estimate of drug-likeness (QED) is 0.464. The summed E-state index contributed by atoms with van der Waals surface area (Å²) in [5, 5.41) is 0. The number of carbonyl (C=O) groups is 2. The van der Waals surface area contributed by atoms with E-state index in [0.29, 0.717) is 23.5 Å². The van der Waals surface area contributed by atoms with E-state index in [1.807, 2.05) is 24.3 Å². The molecule has 0 spiro atoms. The number of ketones is 1. The maximum absolute atomic E-state index is 12.4. The number of aryl methyl sites for hydroxylation is 1. The normalized spacial score (nSPS) is 13.0. The summed E-state index contributed by atoms with van der Waals surface area (Å²) in [6.07, 6.45) is 1.66. The monoisotopic (exact) mass is 322 g/mol. The van der Waals surface area contributed by atoms with Gasteiger partial charge in [-0.2, -0.15) is 0 Å². The molecule has 0 saturated heterocycles. The highest BCUT2D eigenvalue weighted by atomic mass is 16.5. The summed E-state index contributed by atoms with van der Waals surface area (Å²) >= 11 is 0. The summed E-state index contributed by atoms with van der Waals surface area (Å²) in [4.78, 5) is 24.4. The van der Waals surface area contributed by atoms with Crippen molar-refractivity contribution in [3.8, 4) is 0 Å². The Hall–Kier alpha value is -2.88. The number of hydrogen-bond donors (Lipinski definition) is 0. The maximum Gasteiger partial charge on any atom is 0.345 e. The van der Waals surface area contributed by atoms with E-state index in [0.717, 1.165) is 12.8 Å². The van der Waals surface area contributed by atoms with Gasteiger partial charge in [0.15, 0.2) is 5.57 Å². The second-order valence-electron chi connectivity index (χ2n) is 5.51. The topological polar surface area (TPSA) is 52.6 Å². The molecule has 4 nitrogen and oxygen atoms in total. The third-order valence-electron chi connectivity index (χ3n) is 3.96. The number of esters is 1. The smallest absolute Gasteiger partial charge is 0.345 e. The molecule has 1 aliphatic rings. The number of methoxy groups -OCH3 is 1. The van der Waals surface area contributed by atoms with Crippen molar-refractivity contribution in [2.45, 2.75) is 12.8 Å². The van der Waals surface area contributed by atoms with Gasteiger partial charge in [-0.1, -0.05) is 54.6 Å². The highest BCUT2D eigenvalue weighted by Gasteiger charge is 2.35. The van der Waals surface area contributed by atoms with Crippen LogP contribution in [-0.4, -0.2) is 25.5 Å². The summed E-state index contributed by atoms with van der Waals surface area (Å²) in [6.45, 7) is 0.423. The molecular weight excluding hydrogens is 304 g/mol. The maximum atomic E-state index is 12.4. The fraction of sp³-hybridized carbons (Fsp3) is 0.200. The molecule has 0 atom stereocenters. The lowest BCUT2D eigenvalue weighted by Gasteiger charge is -2.10. The Morgan fingerprint density at radius 1 is 0.958 bits per heavy atom. The van der Waals surface area contributed by atoms with E-state index in [9.17, 15) is 9.59 Å². The Bertz CT molecular complexity index is 790. The van der Waals surface area contributed by atoms with Gasteiger partial charge >= 0.3 is 5.97 Å². The van der Waals surface area contributed by atoms with E-state index in [4.69, 9.17) is 9.47 Å². The van der Waals surface area contributed by atoms with Crippen LogP contribution in [0.5, 0.6) is 0 Å². The van der Waals surface area contributed by atoms with Gasteiger partial charge in [0.2, 0.25) is 5.78 Å². The van der Waals surface area contributed by atoms with Crippen molar-refractivity contribution in [3.05, 3.63) is 76.9 Å². The van der Waals surface area contributed by atoms with Crippen molar-refractivity contribution in [3.63, 3.8) is 0 Å². The standard InChI is InChI=1S/C20H18O4/c1-23-20(22)17-18(21)15-11-5-6-12-16(15)19(17)24-13-7-10-14-8-3-2-4-9-14/h2-6,8-9,11-12H,7,10,13H2,1H3. The first-order chi connectivity index (χ1) is 11.7. The number of fused-ring (bicyclic) bond motifs is 1. The zero-order chi connectivity index (χ0) is 16.9. The Morgan fingerprint density at radius 3 is 2.33 bits per heavy atom. The van der Waals surface area contributed by atoms with E-state index in [1.54, 1.807) is 18.2 Å². The molecular formula is C20H18O4. The molecule has 1 aliphatic carbocycles. The van der Waals surface area contributed by atoms with Crippen LogP contribution >= 0.6 is 0 Å². The fourth-order valence-corrected chi connectivity index (χ4v) is 2.78. The van der Waals surface area contributed by atoms with Crippen LogP contribution in [0.4, 0.5) is 0 Å². The van der Waals surface area contributed by atoms with Crippen LogP contribution < -0.4 is 0 Å². The molecule has 0 radical (unpaired) electrons. The third kappa shape index (κ3) is 3.08. The molecule has 0 heterocycles. The largest absolute Gasteiger partial charge is 0.492 e. The number of hydrogen-bond acceptors (Lipinski definition) is 4. The first-order valence-corrected chi connectivity index (χ1v) is 7.86. The van der Waals surface area contributed by atoms with Crippen LogP contribution in [0.25, 0.3) is 5.76 Å². The van der Waals surface area contributed by atoms with Gasteiger partial charge in [0.25, 0.3) is 0 Å². The zero-order valence-corrected chi connectivity index (χ0v) is 13.5. The first-order valence-electron chi connectivity index (χ1n) is 7.86. The molecule has 0 unspecified atom stereocenters. The van der Waals surface area contributed by atoms with Gasteiger partial charge in [0.05, 0.1) is 13.7 Å². The Balaban J connectivity index is 1.74. The van der Waals surface area contributed by atoms with Gasteiger partial charge in [-0.25, -0.2) is 4.79 Å². The second-order valence-corrected chi connectivity index (χ2v) is 5.51. The van der Waals surface area contributed by atoms with Crippen molar-refractivity contribution in [2.75, 3.05) is 13.7 Å². The van der Waals surface area contributed by atoms with E-state index >= 15 is 0 Å². The molecule has 0 aliphatic heterocycles. The summed E-state index contributed by atoms with van der Waals surface area (Å²) in [6, 6.07) is 17.2. The molecule has 0 fully saturated rings. The summed E-state index contributed by atoms with van der Waals surface area (Å²) in [5.74, 6) is -0.666. The number of benzene rings is 2. The second kappa shape index (κ2) is 7.13. The molecule has 0 aromatic heterocycles. The molecule has 0 saturated carbocycles. The third-order valence-corrected chi connectivity index (χ3v) is 3.96. The number of ether oxygens (including phenoxy) is 2. The lowest BCUT2D eigenvalue weighted by atomic mass is 10.1. The highest BCUT2D eigenvalue weighted by Crippen LogP contribution is 2.34. The first kappa shape index (κ1) is 16.0. The van der Waals surface area contributed by atoms with Gasteiger partial charge in [-0.15, -0.1) is 0 Å². The van der Waals surface area contributed by atoms with Gasteiger partial charge in [0, 0.05) is 11.1 Å². The number of Topliss-reactive ketones (excluding diaryl/α,β-unsaturated/α-hetero) is 1. The lowest BCUT2D eigenvalue weighted by molar-refractivity contribution is -0.135. The molecule has 0 N–H and O–H groups in total. The van der Waals surface area contributed by atoms with Crippen LogP contribution in [0, 0.1) is 0 Å². The van der Waals surface area contributed by atoms with E-state index in [-0.39, 0.29) is 11.4 Å². The molecule has 122 valence electrons. The summed E-state index contributed by atoms with van der Waals surface area (Å²) in [7, 11) is 1.26. The average molecular weight is 322 g/mol. The molecule has 3 rings (SSSR count). The Labute approximate surface area is 140 Å².